The summed E-state index contributed by atoms with van der Waals surface area (Å²) in [6.45, 7) is 2.27. The number of aromatic hydroxyl groups is 1. The first-order valence-corrected chi connectivity index (χ1v) is 9.54. The molecule has 3 nitrogen and oxygen atoms in total. The summed E-state index contributed by atoms with van der Waals surface area (Å²) < 4.78 is 19.0. The number of nitrogens with zero attached hydrogens (tertiary/aromatic N) is 1. The van der Waals surface area contributed by atoms with Crippen LogP contribution in [0.2, 0.25) is 0 Å². The molecule has 26 heavy (non-hydrogen) atoms. The molecule has 0 amide bonds. The van der Waals surface area contributed by atoms with Crippen LogP contribution in [-0.2, 0) is 0 Å². The van der Waals surface area contributed by atoms with Crippen LogP contribution in [0.5, 0.6) is 11.5 Å². The Morgan fingerprint density at radius 3 is 2.42 bits per heavy atom. The molecule has 0 bridgehead atoms. The van der Waals surface area contributed by atoms with Crippen LogP contribution < -0.4 is 9.64 Å². The number of ether oxygens (including phenoxy) is 1. The molecular formula is C21H20FNO2S. The van der Waals surface area contributed by atoms with Gasteiger partial charge in [-0.15, -0.1) is 11.3 Å². The number of phenols is 1. The number of hydrogen-bond acceptors (Lipinski definition) is 4. The number of thiophene rings is 1. The van der Waals surface area contributed by atoms with Gasteiger partial charge in [-0.05, 0) is 65.2 Å². The third-order valence-electron chi connectivity index (χ3n) is 4.80. The molecule has 1 aromatic heterocycles. The van der Waals surface area contributed by atoms with Gasteiger partial charge in [0.15, 0.2) is 17.3 Å². The smallest absolute Gasteiger partial charge is 0.194 e. The maximum atomic E-state index is 13.9. The molecule has 0 saturated carbocycles. The first-order valence-electron chi connectivity index (χ1n) is 8.66. The highest BCUT2D eigenvalue weighted by molar-refractivity contribution is 7.14. The van der Waals surface area contributed by atoms with Crippen LogP contribution >= 0.6 is 11.3 Å². The minimum atomic E-state index is -0.677. The molecule has 134 valence electrons. The average Bonchev–Trinajstić information content (AvgIpc) is 3.36. The van der Waals surface area contributed by atoms with Crippen LogP contribution in [0.4, 0.5) is 10.1 Å². The van der Waals surface area contributed by atoms with Gasteiger partial charge in [-0.3, -0.25) is 0 Å². The monoisotopic (exact) mass is 369 g/mol. The third-order valence-corrected chi connectivity index (χ3v) is 5.78. The summed E-state index contributed by atoms with van der Waals surface area (Å²) >= 11 is 1.55. The van der Waals surface area contributed by atoms with Crippen molar-refractivity contribution in [3.63, 3.8) is 0 Å². The standard InChI is InChI=1S/C21H20FNO2S/c1-25-19-11-15(10-18(22)21(19)24)20-12-16(13-26-20)14-4-6-17(7-5-14)23-8-2-3-9-23/h4-7,10-13,24H,2-3,8-9H2,1H3. The zero-order valence-electron chi connectivity index (χ0n) is 14.5. The Kier molecular flexibility index (Phi) is 4.55. The summed E-state index contributed by atoms with van der Waals surface area (Å²) in [5, 5.41) is 11.7. The molecule has 0 unspecified atom stereocenters. The van der Waals surface area contributed by atoms with E-state index in [0.717, 1.165) is 29.1 Å². The minimum absolute atomic E-state index is 0.143. The Bertz CT molecular complexity index is 914. The summed E-state index contributed by atoms with van der Waals surface area (Å²) in [7, 11) is 1.42. The highest BCUT2D eigenvalue weighted by Crippen LogP contribution is 2.38. The van der Waals surface area contributed by atoms with Gasteiger partial charge in [-0.2, -0.15) is 0 Å². The molecule has 2 heterocycles. The van der Waals surface area contributed by atoms with Crippen molar-refractivity contribution in [1.82, 2.24) is 0 Å². The van der Waals surface area contributed by atoms with Gasteiger partial charge in [-0.25, -0.2) is 4.39 Å². The number of phenolic OH excluding ortho intramolecular Hbond substituents is 1. The number of methoxy groups -OCH3 is 1. The van der Waals surface area contributed by atoms with Gasteiger partial charge in [0.25, 0.3) is 0 Å². The van der Waals surface area contributed by atoms with E-state index in [1.807, 2.05) is 6.07 Å². The lowest BCUT2D eigenvalue weighted by atomic mass is 10.1. The van der Waals surface area contributed by atoms with Crippen molar-refractivity contribution in [1.29, 1.82) is 0 Å². The second kappa shape index (κ2) is 7.00. The van der Waals surface area contributed by atoms with Crippen molar-refractivity contribution in [3.8, 4) is 33.1 Å². The van der Waals surface area contributed by atoms with E-state index in [-0.39, 0.29) is 5.75 Å². The van der Waals surface area contributed by atoms with Crippen molar-refractivity contribution in [2.24, 2.45) is 0 Å². The van der Waals surface area contributed by atoms with Crippen LogP contribution in [0, 0.1) is 5.82 Å². The van der Waals surface area contributed by atoms with Crippen LogP contribution in [0.25, 0.3) is 21.6 Å². The van der Waals surface area contributed by atoms with Crippen LogP contribution in [0.1, 0.15) is 12.8 Å². The zero-order valence-corrected chi connectivity index (χ0v) is 15.4. The number of benzene rings is 2. The predicted molar refractivity (Wildman–Crippen MR) is 105 cm³/mol. The molecule has 0 aliphatic carbocycles. The van der Waals surface area contributed by atoms with Gasteiger partial charge < -0.3 is 14.7 Å². The van der Waals surface area contributed by atoms with Crippen molar-refractivity contribution in [3.05, 3.63) is 53.7 Å². The maximum absolute atomic E-state index is 13.9. The summed E-state index contributed by atoms with van der Waals surface area (Å²) in [6.07, 6.45) is 2.53. The molecule has 1 fully saturated rings. The van der Waals surface area contributed by atoms with E-state index < -0.39 is 11.6 Å². The van der Waals surface area contributed by atoms with E-state index in [1.165, 1.54) is 31.7 Å². The van der Waals surface area contributed by atoms with Crippen molar-refractivity contribution < 1.29 is 14.2 Å². The van der Waals surface area contributed by atoms with Crippen LogP contribution in [0.3, 0.4) is 0 Å². The Balaban J connectivity index is 1.61. The van der Waals surface area contributed by atoms with E-state index in [4.69, 9.17) is 4.74 Å². The molecule has 1 aliphatic rings. The van der Waals surface area contributed by atoms with E-state index in [0.29, 0.717) is 5.56 Å². The second-order valence-corrected chi connectivity index (χ2v) is 7.36. The molecule has 2 aromatic carbocycles. The summed E-state index contributed by atoms with van der Waals surface area (Å²) in [5.74, 6) is -0.986. The van der Waals surface area contributed by atoms with Gasteiger partial charge in [0.2, 0.25) is 0 Å². The molecule has 5 heteroatoms. The highest BCUT2D eigenvalue weighted by Gasteiger charge is 2.14. The first-order chi connectivity index (χ1) is 12.7. The third kappa shape index (κ3) is 3.15. The van der Waals surface area contributed by atoms with Gasteiger partial charge in [0.1, 0.15) is 0 Å². The summed E-state index contributed by atoms with van der Waals surface area (Å²) in [5.41, 5.74) is 4.21. The quantitative estimate of drug-likeness (QED) is 0.656. The Morgan fingerprint density at radius 2 is 1.73 bits per heavy atom. The van der Waals surface area contributed by atoms with Crippen LogP contribution in [0.15, 0.2) is 47.8 Å². The van der Waals surface area contributed by atoms with E-state index in [2.05, 4.69) is 34.5 Å². The van der Waals surface area contributed by atoms with Gasteiger partial charge in [-0.1, -0.05) is 12.1 Å². The predicted octanol–water partition coefficient (Wildman–Crippen LogP) is 5.54. The topological polar surface area (TPSA) is 32.7 Å². The number of halogens is 1. The van der Waals surface area contributed by atoms with Gasteiger partial charge in [0, 0.05) is 23.7 Å². The number of rotatable bonds is 4. The molecule has 1 aliphatic heterocycles. The molecule has 1 N–H and O–H groups in total. The fourth-order valence-corrected chi connectivity index (χ4v) is 4.26. The Labute approximate surface area is 156 Å². The normalized spacial score (nSPS) is 14.0. The van der Waals surface area contributed by atoms with E-state index in [9.17, 15) is 9.50 Å². The average molecular weight is 369 g/mol. The fraction of sp³-hybridized carbons (Fsp3) is 0.238. The maximum Gasteiger partial charge on any atom is 0.194 e. The molecule has 3 aromatic rings. The Morgan fingerprint density at radius 1 is 1.00 bits per heavy atom. The largest absolute Gasteiger partial charge is 0.502 e. The summed E-state index contributed by atoms with van der Waals surface area (Å²) in [6, 6.07) is 13.6. The lowest BCUT2D eigenvalue weighted by Crippen LogP contribution is -2.17. The molecule has 4 rings (SSSR count). The van der Waals surface area contributed by atoms with Gasteiger partial charge >= 0.3 is 0 Å². The van der Waals surface area contributed by atoms with E-state index >= 15 is 0 Å². The molecule has 0 spiro atoms. The minimum Gasteiger partial charge on any atom is -0.502 e. The Hall–Kier alpha value is -2.53. The SMILES string of the molecule is COc1cc(-c2cc(-c3ccc(N4CCCC4)cc3)cs2)cc(F)c1O. The van der Waals surface area contributed by atoms with Crippen molar-refractivity contribution >= 4 is 17.0 Å². The molecule has 0 atom stereocenters. The second-order valence-electron chi connectivity index (χ2n) is 6.45. The van der Waals surface area contributed by atoms with Gasteiger partial charge in [0.05, 0.1) is 7.11 Å². The lowest BCUT2D eigenvalue weighted by Gasteiger charge is -2.17. The van der Waals surface area contributed by atoms with Crippen LogP contribution in [-0.4, -0.2) is 25.3 Å². The zero-order chi connectivity index (χ0) is 18.1. The van der Waals surface area contributed by atoms with E-state index in [1.54, 1.807) is 17.4 Å². The lowest BCUT2D eigenvalue weighted by molar-refractivity contribution is 0.357. The molecule has 1 saturated heterocycles. The van der Waals surface area contributed by atoms with Crippen molar-refractivity contribution in [2.45, 2.75) is 12.8 Å². The fourth-order valence-electron chi connectivity index (χ4n) is 3.35. The highest BCUT2D eigenvalue weighted by atomic mass is 32.1. The molecule has 0 radical (unpaired) electrons. The summed E-state index contributed by atoms with van der Waals surface area (Å²) in [4.78, 5) is 3.34. The number of anilines is 1. The van der Waals surface area contributed by atoms with Crippen molar-refractivity contribution in [2.75, 3.05) is 25.1 Å². The number of hydrogen-bond donors (Lipinski definition) is 1. The molecular weight excluding hydrogens is 349 g/mol. The first kappa shape index (κ1) is 16.9.